The molecule has 1 aromatic rings. The molecule has 0 aliphatic carbocycles. The summed E-state index contributed by atoms with van der Waals surface area (Å²) in [5, 5.41) is 9.52. The third-order valence-corrected chi connectivity index (χ3v) is 3.76. The molecule has 1 N–H and O–H groups in total. The third kappa shape index (κ3) is 3.00. The van der Waals surface area contributed by atoms with Crippen LogP contribution in [0, 0.1) is 6.92 Å². The monoisotopic (exact) mass is 265 g/mol. The molecule has 19 heavy (non-hydrogen) atoms. The molecule has 1 saturated heterocycles. The van der Waals surface area contributed by atoms with Crippen molar-refractivity contribution in [3.63, 3.8) is 0 Å². The van der Waals surface area contributed by atoms with E-state index in [0.29, 0.717) is 12.2 Å². The van der Waals surface area contributed by atoms with Gasteiger partial charge >= 0.3 is 0 Å². The number of hydrogen-bond donors (Lipinski definition) is 1. The number of aliphatic hydroxyl groups is 1. The van der Waals surface area contributed by atoms with Crippen molar-refractivity contribution in [3.05, 3.63) is 23.2 Å². The Labute approximate surface area is 114 Å². The first kappa shape index (κ1) is 14.1. The van der Waals surface area contributed by atoms with Crippen LogP contribution in [0.25, 0.3) is 0 Å². The van der Waals surface area contributed by atoms with Crippen molar-refractivity contribution in [3.8, 4) is 0 Å². The Morgan fingerprint density at radius 3 is 2.95 bits per heavy atom. The van der Waals surface area contributed by atoms with E-state index in [9.17, 15) is 9.90 Å². The molecule has 2 heterocycles. The summed E-state index contributed by atoms with van der Waals surface area (Å²) < 4.78 is 5.64. The molecular formula is C15H23NO3. The summed E-state index contributed by atoms with van der Waals surface area (Å²) in [7, 11) is 0. The average molecular weight is 265 g/mol. The Hall–Kier alpha value is -1.29. The fourth-order valence-corrected chi connectivity index (χ4v) is 2.81. The maximum atomic E-state index is 12.5. The number of nitrogens with zero attached hydrogens (tertiary/aromatic N) is 1. The van der Waals surface area contributed by atoms with Crippen LogP contribution in [0.5, 0.6) is 0 Å². The van der Waals surface area contributed by atoms with Gasteiger partial charge in [-0.1, -0.05) is 6.92 Å². The fraction of sp³-hybridized carbons (Fsp3) is 0.667. The van der Waals surface area contributed by atoms with Crippen LogP contribution in [0.4, 0.5) is 0 Å². The first-order valence-corrected chi connectivity index (χ1v) is 7.11. The average Bonchev–Trinajstić information content (AvgIpc) is 2.94. The Balaban J connectivity index is 2.15. The van der Waals surface area contributed by atoms with Crippen molar-refractivity contribution in [1.29, 1.82) is 0 Å². The predicted molar refractivity (Wildman–Crippen MR) is 73.2 cm³/mol. The van der Waals surface area contributed by atoms with Crippen LogP contribution in [0.2, 0.25) is 0 Å². The van der Waals surface area contributed by atoms with Gasteiger partial charge in [0.2, 0.25) is 0 Å². The summed E-state index contributed by atoms with van der Waals surface area (Å²) in [5.41, 5.74) is 0.907. The summed E-state index contributed by atoms with van der Waals surface area (Å²) in [6.45, 7) is 6.46. The number of carbonyl (C=O) groups is 1. The molecule has 4 nitrogen and oxygen atoms in total. The predicted octanol–water partition coefficient (Wildman–Crippen LogP) is 2.53. The molecule has 0 radical (unpaired) electrons. The topological polar surface area (TPSA) is 53.7 Å². The zero-order valence-electron chi connectivity index (χ0n) is 12.0. The molecule has 1 aliphatic heterocycles. The van der Waals surface area contributed by atoms with Crippen LogP contribution in [0.1, 0.15) is 55.0 Å². The molecule has 2 unspecified atom stereocenters. The lowest BCUT2D eigenvalue weighted by molar-refractivity contribution is 0.0648. The normalized spacial score (nSPS) is 20.8. The van der Waals surface area contributed by atoms with Gasteiger partial charge in [-0.15, -0.1) is 0 Å². The molecule has 1 aliphatic rings. The zero-order chi connectivity index (χ0) is 14.0. The van der Waals surface area contributed by atoms with Gasteiger partial charge in [-0.25, -0.2) is 0 Å². The Morgan fingerprint density at radius 1 is 1.63 bits per heavy atom. The minimum Gasteiger partial charge on any atom is -0.456 e. The maximum absolute atomic E-state index is 12.5. The minimum atomic E-state index is -0.373. The minimum absolute atomic E-state index is 0.0275. The van der Waals surface area contributed by atoms with Crippen molar-refractivity contribution in [2.24, 2.45) is 0 Å². The number of rotatable bonds is 4. The highest BCUT2D eigenvalue weighted by molar-refractivity contribution is 5.93. The molecular weight excluding hydrogens is 242 g/mol. The van der Waals surface area contributed by atoms with E-state index in [1.165, 1.54) is 0 Å². The second-order valence-electron chi connectivity index (χ2n) is 5.46. The van der Waals surface area contributed by atoms with Gasteiger partial charge in [-0.3, -0.25) is 4.79 Å². The van der Waals surface area contributed by atoms with Gasteiger partial charge in [0, 0.05) is 24.6 Å². The standard InChI is InChI=1S/C15H23NO3/c1-4-13-8-10(2)14(19-13)15(18)16-7-5-6-12(16)9-11(3)17/h8,11-12,17H,4-7,9H2,1-3H3. The smallest absolute Gasteiger partial charge is 0.290 e. The molecule has 0 spiro atoms. The largest absolute Gasteiger partial charge is 0.456 e. The molecule has 0 bridgehead atoms. The number of carbonyl (C=O) groups excluding carboxylic acids is 1. The molecule has 0 aromatic carbocycles. The lowest BCUT2D eigenvalue weighted by atomic mass is 10.1. The molecule has 1 amide bonds. The van der Waals surface area contributed by atoms with Gasteiger partial charge in [0.05, 0.1) is 6.10 Å². The van der Waals surface area contributed by atoms with E-state index in [2.05, 4.69) is 0 Å². The van der Waals surface area contributed by atoms with Crippen molar-refractivity contribution in [2.45, 2.75) is 58.6 Å². The van der Waals surface area contributed by atoms with E-state index < -0.39 is 0 Å². The van der Waals surface area contributed by atoms with Crippen LogP contribution >= 0.6 is 0 Å². The van der Waals surface area contributed by atoms with Crippen LogP contribution in [-0.4, -0.2) is 34.6 Å². The Kier molecular flexibility index (Phi) is 4.30. The number of hydrogen-bond acceptors (Lipinski definition) is 3. The van der Waals surface area contributed by atoms with Gasteiger partial charge in [0.25, 0.3) is 5.91 Å². The van der Waals surface area contributed by atoms with E-state index in [1.807, 2.05) is 24.8 Å². The second-order valence-corrected chi connectivity index (χ2v) is 5.46. The van der Waals surface area contributed by atoms with E-state index in [-0.39, 0.29) is 18.1 Å². The van der Waals surface area contributed by atoms with Gasteiger partial charge in [0.15, 0.2) is 5.76 Å². The van der Waals surface area contributed by atoms with Gasteiger partial charge in [0.1, 0.15) is 5.76 Å². The first-order valence-electron chi connectivity index (χ1n) is 7.11. The lowest BCUT2D eigenvalue weighted by Crippen LogP contribution is -2.37. The molecule has 0 saturated carbocycles. The summed E-state index contributed by atoms with van der Waals surface area (Å²) >= 11 is 0. The van der Waals surface area contributed by atoms with Crippen LogP contribution in [-0.2, 0) is 6.42 Å². The Bertz CT molecular complexity index is 450. The van der Waals surface area contributed by atoms with E-state index in [1.54, 1.807) is 6.92 Å². The lowest BCUT2D eigenvalue weighted by Gasteiger charge is -2.25. The number of amides is 1. The highest BCUT2D eigenvalue weighted by atomic mass is 16.4. The highest BCUT2D eigenvalue weighted by Crippen LogP contribution is 2.26. The molecule has 2 atom stereocenters. The molecule has 4 heteroatoms. The SMILES string of the molecule is CCc1cc(C)c(C(=O)N2CCCC2CC(C)O)o1. The summed E-state index contributed by atoms with van der Waals surface area (Å²) in [4.78, 5) is 14.4. The van der Waals surface area contributed by atoms with Crippen LogP contribution in [0.3, 0.4) is 0 Å². The summed E-state index contributed by atoms with van der Waals surface area (Å²) in [6, 6.07) is 2.08. The van der Waals surface area contributed by atoms with Crippen molar-refractivity contribution >= 4 is 5.91 Å². The van der Waals surface area contributed by atoms with Gasteiger partial charge < -0.3 is 14.4 Å². The molecule has 1 fully saturated rings. The zero-order valence-corrected chi connectivity index (χ0v) is 12.0. The summed E-state index contributed by atoms with van der Waals surface area (Å²) in [6.07, 6.45) is 3.04. The highest BCUT2D eigenvalue weighted by Gasteiger charge is 2.32. The number of furan rings is 1. The van der Waals surface area contributed by atoms with Crippen molar-refractivity contribution in [1.82, 2.24) is 4.90 Å². The Morgan fingerprint density at radius 2 is 2.37 bits per heavy atom. The van der Waals surface area contributed by atoms with E-state index >= 15 is 0 Å². The molecule has 1 aromatic heterocycles. The third-order valence-electron chi connectivity index (χ3n) is 3.76. The van der Waals surface area contributed by atoms with Crippen molar-refractivity contribution in [2.75, 3.05) is 6.54 Å². The number of likely N-dealkylation sites (tertiary alicyclic amines) is 1. The quantitative estimate of drug-likeness (QED) is 0.910. The fourth-order valence-electron chi connectivity index (χ4n) is 2.81. The van der Waals surface area contributed by atoms with Crippen LogP contribution in [0.15, 0.2) is 10.5 Å². The van der Waals surface area contributed by atoms with E-state index in [0.717, 1.165) is 37.1 Å². The number of aliphatic hydroxyl groups excluding tert-OH is 1. The molecule has 2 rings (SSSR count). The van der Waals surface area contributed by atoms with Gasteiger partial charge in [-0.2, -0.15) is 0 Å². The second kappa shape index (κ2) is 5.78. The molecule has 106 valence electrons. The van der Waals surface area contributed by atoms with E-state index in [4.69, 9.17) is 4.42 Å². The van der Waals surface area contributed by atoms with Gasteiger partial charge in [-0.05, 0) is 39.2 Å². The first-order chi connectivity index (χ1) is 9.02. The summed E-state index contributed by atoms with van der Waals surface area (Å²) in [5.74, 6) is 1.29. The van der Waals surface area contributed by atoms with Crippen LogP contribution < -0.4 is 0 Å². The van der Waals surface area contributed by atoms with Crippen molar-refractivity contribution < 1.29 is 14.3 Å². The number of aryl methyl sites for hydroxylation is 2. The maximum Gasteiger partial charge on any atom is 0.290 e.